The average Bonchev–Trinajstić information content (AvgIpc) is 2.65. The van der Waals surface area contributed by atoms with Crippen LogP contribution >= 0.6 is 0 Å². The molecule has 3 heteroatoms. The number of aryl methyl sites for hydroxylation is 1. The molecule has 3 rings (SSSR count). The van der Waals surface area contributed by atoms with Crippen molar-refractivity contribution < 1.29 is 9.84 Å². The second kappa shape index (κ2) is 9.14. The molecule has 1 fully saturated rings. The molecule has 0 radical (unpaired) electrons. The van der Waals surface area contributed by atoms with Crippen LogP contribution in [0.5, 0.6) is 0 Å². The molecule has 0 bridgehead atoms. The Bertz CT molecular complexity index is 620. The molecule has 1 N–H and O–H groups in total. The molecule has 25 heavy (non-hydrogen) atoms. The van der Waals surface area contributed by atoms with Gasteiger partial charge in [-0.3, -0.25) is 0 Å². The summed E-state index contributed by atoms with van der Waals surface area (Å²) in [5.74, 6) is 0. The zero-order valence-electron chi connectivity index (χ0n) is 15.1. The van der Waals surface area contributed by atoms with Gasteiger partial charge < -0.3 is 14.7 Å². The first kappa shape index (κ1) is 18.1. The number of rotatable bonds is 7. The fourth-order valence-electron chi connectivity index (χ4n) is 3.45. The summed E-state index contributed by atoms with van der Waals surface area (Å²) in [6, 6.07) is 18.7. The smallest absolute Gasteiger partial charge is 0.108 e. The third-order valence-electron chi connectivity index (χ3n) is 4.86. The molecule has 2 aromatic carbocycles. The van der Waals surface area contributed by atoms with Crippen molar-refractivity contribution in [2.45, 2.75) is 38.4 Å². The van der Waals surface area contributed by atoms with Crippen LogP contribution in [0.1, 0.15) is 42.1 Å². The van der Waals surface area contributed by atoms with Crippen LogP contribution in [0.15, 0.2) is 54.6 Å². The lowest BCUT2D eigenvalue weighted by Crippen LogP contribution is -2.38. The van der Waals surface area contributed by atoms with Gasteiger partial charge in [0.05, 0.1) is 12.7 Å². The van der Waals surface area contributed by atoms with E-state index in [1.165, 1.54) is 24.8 Å². The molecule has 0 aliphatic carbocycles. The number of aliphatic hydroxyl groups excluding tert-OH is 1. The third-order valence-corrected chi connectivity index (χ3v) is 4.86. The highest BCUT2D eigenvalue weighted by atomic mass is 16.5. The van der Waals surface area contributed by atoms with Gasteiger partial charge in [-0.05, 0) is 44.0 Å². The minimum Gasteiger partial charge on any atom is -0.389 e. The first-order valence-electron chi connectivity index (χ1n) is 9.36. The summed E-state index contributed by atoms with van der Waals surface area (Å²) in [6.07, 6.45) is 3.20. The zero-order valence-corrected chi connectivity index (χ0v) is 15.1. The van der Waals surface area contributed by atoms with Crippen molar-refractivity contribution in [1.29, 1.82) is 0 Å². The Morgan fingerprint density at radius 2 is 1.56 bits per heavy atom. The zero-order chi connectivity index (χ0) is 17.5. The second-order valence-corrected chi connectivity index (χ2v) is 7.05. The summed E-state index contributed by atoms with van der Waals surface area (Å²) >= 11 is 0. The van der Waals surface area contributed by atoms with E-state index >= 15 is 0 Å². The van der Waals surface area contributed by atoms with Crippen molar-refractivity contribution in [3.05, 3.63) is 71.3 Å². The molecular formula is C22H29NO2. The summed E-state index contributed by atoms with van der Waals surface area (Å²) in [5.41, 5.74) is 3.49. The predicted molar refractivity (Wildman–Crippen MR) is 102 cm³/mol. The maximum atomic E-state index is 10.4. The normalized spacial score (nSPS) is 18.0. The van der Waals surface area contributed by atoms with Gasteiger partial charge in [-0.2, -0.15) is 0 Å². The maximum absolute atomic E-state index is 10.4. The summed E-state index contributed by atoms with van der Waals surface area (Å²) in [6.45, 7) is 5.33. The Kier molecular flexibility index (Phi) is 6.62. The fourth-order valence-corrected chi connectivity index (χ4v) is 3.45. The first-order chi connectivity index (χ1) is 12.2. The molecular weight excluding hydrogens is 310 g/mol. The van der Waals surface area contributed by atoms with Gasteiger partial charge in [0.15, 0.2) is 0 Å². The van der Waals surface area contributed by atoms with Gasteiger partial charge in [-0.1, -0.05) is 66.6 Å². The van der Waals surface area contributed by atoms with E-state index in [2.05, 4.69) is 48.2 Å². The molecule has 2 atom stereocenters. The van der Waals surface area contributed by atoms with Crippen LogP contribution in [0.25, 0.3) is 0 Å². The maximum Gasteiger partial charge on any atom is 0.108 e. The largest absolute Gasteiger partial charge is 0.389 e. The lowest BCUT2D eigenvalue weighted by atomic mass is 10.0. The van der Waals surface area contributed by atoms with Crippen molar-refractivity contribution in [1.82, 2.24) is 4.90 Å². The van der Waals surface area contributed by atoms with Gasteiger partial charge in [0.2, 0.25) is 0 Å². The molecule has 0 unspecified atom stereocenters. The van der Waals surface area contributed by atoms with Crippen LogP contribution in [-0.2, 0) is 4.74 Å². The van der Waals surface area contributed by atoms with E-state index in [1.807, 2.05) is 18.2 Å². The van der Waals surface area contributed by atoms with Gasteiger partial charge in [-0.15, -0.1) is 0 Å². The number of likely N-dealkylation sites (tertiary alicyclic amines) is 1. The quantitative estimate of drug-likeness (QED) is 0.829. The minimum absolute atomic E-state index is 0.141. The molecule has 0 saturated carbocycles. The Hall–Kier alpha value is -1.68. The van der Waals surface area contributed by atoms with Crippen molar-refractivity contribution in [2.75, 3.05) is 26.2 Å². The number of β-amino-alcohol motifs (C(OH)–C–C–N with tert-alkyl or cyclic N) is 1. The molecule has 1 saturated heterocycles. The summed E-state index contributed by atoms with van der Waals surface area (Å²) in [5, 5.41) is 10.4. The molecule has 1 aliphatic heterocycles. The number of benzene rings is 2. The highest BCUT2D eigenvalue weighted by molar-refractivity contribution is 5.31. The SMILES string of the molecule is Cc1ccc([C@H](OC[C@H](O)CN2CCCCC2)c2ccccc2)cc1. The standard InChI is InChI=1S/C22H29NO2/c1-18-10-12-20(13-11-18)22(19-8-4-2-5-9-19)25-17-21(24)16-23-14-6-3-7-15-23/h2,4-5,8-13,21-22,24H,3,6-7,14-17H2,1H3/t21-,22-/m1/s1. The Morgan fingerprint density at radius 3 is 2.24 bits per heavy atom. The van der Waals surface area contributed by atoms with E-state index in [4.69, 9.17) is 4.74 Å². The van der Waals surface area contributed by atoms with Crippen molar-refractivity contribution >= 4 is 0 Å². The van der Waals surface area contributed by atoms with Crippen LogP contribution < -0.4 is 0 Å². The summed E-state index contributed by atoms with van der Waals surface area (Å²) in [7, 11) is 0. The molecule has 0 amide bonds. The summed E-state index contributed by atoms with van der Waals surface area (Å²) < 4.78 is 6.18. The van der Waals surface area contributed by atoms with Crippen LogP contribution in [-0.4, -0.2) is 42.4 Å². The van der Waals surface area contributed by atoms with Gasteiger partial charge in [0.1, 0.15) is 6.10 Å². The Morgan fingerprint density at radius 1 is 0.920 bits per heavy atom. The number of nitrogens with zero attached hydrogens (tertiary/aromatic N) is 1. The van der Waals surface area contributed by atoms with Crippen LogP contribution in [0.3, 0.4) is 0 Å². The predicted octanol–water partition coefficient (Wildman–Crippen LogP) is 3.95. The van der Waals surface area contributed by atoms with Crippen LogP contribution in [0.2, 0.25) is 0 Å². The van der Waals surface area contributed by atoms with E-state index in [0.29, 0.717) is 13.2 Å². The van der Waals surface area contributed by atoms with Crippen molar-refractivity contribution in [2.24, 2.45) is 0 Å². The van der Waals surface area contributed by atoms with Crippen LogP contribution in [0.4, 0.5) is 0 Å². The lowest BCUT2D eigenvalue weighted by Gasteiger charge is -2.29. The fraction of sp³-hybridized carbons (Fsp3) is 0.455. The van der Waals surface area contributed by atoms with E-state index in [-0.39, 0.29) is 6.10 Å². The Labute approximate surface area is 151 Å². The summed E-state index contributed by atoms with van der Waals surface area (Å²) in [4.78, 5) is 2.35. The van der Waals surface area contributed by atoms with Crippen molar-refractivity contribution in [3.63, 3.8) is 0 Å². The monoisotopic (exact) mass is 339 g/mol. The highest BCUT2D eigenvalue weighted by Gasteiger charge is 2.19. The molecule has 1 aliphatic rings. The second-order valence-electron chi connectivity index (χ2n) is 7.05. The molecule has 1 heterocycles. The molecule has 3 nitrogen and oxygen atoms in total. The van der Waals surface area contributed by atoms with Gasteiger partial charge in [-0.25, -0.2) is 0 Å². The van der Waals surface area contributed by atoms with E-state index in [1.54, 1.807) is 0 Å². The van der Waals surface area contributed by atoms with Gasteiger partial charge in [0, 0.05) is 6.54 Å². The van der Waals surface area contributed by atoms with Gasteiger partial charge in [0.25, 0.3) is 0 Å². The van der Waals surface area contributed by atoms with Crippen LogP contribution in [0, 0.1) is 6.92 Å². The highest BCUT2D eigenvalue weighted by Crippen LogP contribution is 2.26. The number of aliphatic hydroxyl groups is 1. The topological polar surface area (TPSA) is 32.7 Å². The molecule has 2 aromatic rings. The average molecular weight is 339 g/mol. The number of ether oxygens (including phenoxy) is 1. The van der Waals surface area contributed by atoms with E-state index < -0.39 is 6.10 Å². The van der Waals surface area contributed by atoms with E-state index in [0.717, 1.165) is 24.2 Å². The number of hydrogen-bond donors (Lipinski definition) is 1. The Balaban J connectivity index is 1.64. The number of hydrogen-bond acceptors (Lipinski definition) is 3. The van der Waals surface area contributed by atoms with Crippen molar-refractivity contribution in [3.8, 4) is 0 Å². The van der Waals surface area contributed by atoms with E-state index in [9.17, 15) is 5.11 Å². The molecule has 0 aromatic heterocycles. The molecule has 134 valence electrons. The number of piperidine rings is 1. The first-order valence-corrected chi connectivity index (χ1v) is 9.36. The van der Waals surface area contributed by atoms with Gasteiger partial charge >= 0.3 is 0 Å². The third kappa shape index (κ3) is 5.40. The lowest BCUT2D eigenvalue weighted by molar-refractivity contribution is -0.0104. The molecule has 0 spiro atoms. The minimum atomic E-state index is -0.449.